The van der Waals surface area contributed by atoms with Gasteiger partial charge in [0, 0.05) is 30.1 Å². The van der Waals surface area contributed by atoms with E-state index in [-0.39, 0.29) is 0 Å². The lowest BCUT2D eigenvalue weighted by Crippen LogP contribution is -2.35. The van der Waals surface area contributed by atoms with E-state index in [9.17, 15) is 0 Å². The Bertz CT molecular complexity index is 532. The normalized spacial score (nSPS) is 16.7. The number of nitrogens with zero attached hydrogens (tertiary/aromatic N) is 2. The lowest BCUT2D eigenvalue weighted by Gasteiger charge is -2.26. The fourth-order valence-electron chi connectivity index (χ4n) is 2.36. The van der Waals surface area contributed by atoms with E-state index >= 15 is 0 Å². The summed E-state index contributed by atoms with van der Waals surface area (Å²) in [6.07, 6.45) is 0. The van der Waals surface area contributed by atoms with Gasteiger partial charge >= 0.3 is 0 Å². The third-order valence-electron chi connectivity index (χ3n) is 3.32. The molecule has 1 saturated heterocycles. The number of benzene rings is 1. The molecule has 0 saturated carbocycles. The Morgan fingerprint density at radius 3 is 2.68 bits per heavy atom. The number of aromatic nitrogens is 1. The van der Waals surface area contributed by atoms with Crippen molar-refractivity contribution in [2.75, 3.05) is 26.3 Å². The molecule has 1 aromatic carbocycles. The summed E-state index contributed by atoms with van der Waals surface area (Å²) in [6, 6.07) is 10.5. The van der Waals surface area contributed by atoms with Gasteiger partial charge in [-0.1, -0.05) is 30.3 Å². The van der Waals surface area contributed by atoms with Crippen LogP contribution in [0, 0.1) is 6.92 Å². The maximum Gasteiger partial charge on any atom is 0.0905 e. The summed E-state index contributed by atoms with van der Waals surface area (Å²) in [4.78, 5) is 8.52. The van der Waals surface area contributed by atoms with Gasteiger partial charge in [0.2, 0.25) is 0 Å². The predicted octanol–water partition coefficient (Wildman–Crippen LogP) is 2.95. The van der Waals surface area contributed by atoms with Crippen molar-refractivity contribution < 1.29 is 4.74 Å². The van der Waals surface area contributed by atoms with Crippen molar-refractivity contribution in [2.45, 2.75) is 13.5 Å². The minimum Gasteiger partial charge on any atom is -0.379 e. The molecule has 1 fully saturated rings. The van der Waals surface area contributed by atoms with E-state index < -0.39 is 0 Å². The number of morpholine rings is 1. The molecule has 4 heteroatoms. The van der Waals surface area contributed by atoms with Crippen LogP contribution in [0.5, 0.6) is 0 Å². The largest absolute Gasteiger partial charge is 0.379 e. The SMILES string of the molecule is Cc1nc(-c2ccccc2)c(CN2CCOCC2)s1. The predicted molar refractivity (Wildman–Crippen MR) is 78.4 cm³/mol. The molecule has 19 heavy (non-hydrogen) atoms. The van der Waals surface area contributed by atoms with E-state index in [1.54, 1.807) is 0 Å². The molecule has 1 aliphatic rings. The van der Waals surface area contributed by atoms with Crippen molar-refractivity contribution in [1.29, 1.82) is 0 Å². The second kappa shape index (κ2) is 5.82. The summed E-state index contributed by atoms with van der Waals surface area (Å²) >= 11 is 1.81. The van der Waals surface area contributed by atoms with Crippen LogP contribution in [0.15, 0.2) is 30.3 Å². The maximum atomic E-state index is 5.40. The van der Waals surface area contributed by atoms with E-state index in [1.807, 2.05) is 17.4 Å². The minimum atomic E-state index is 0.846. The quantitative estimate of drug-likeness (QED) is 0.860. The van der Waals surface area contributed by atoms with Gasteiger partial charge in [-0.05, 0) is 6.92 Å². The molecule has 0 radical (unpaired) electrons. The molecule has 0 aliphatic carbocycles. The Kier molecular flexibility index (Phi) is 3.92. The van der Waals surface area contributed by atoms with Crippen molar-refractivity contribution in [3.63, 3.8) is 0 Å². The van der Waals surface area contributed by atoms with Crippen LogP contribution in [0.2, 0.25) is 0 Å². The standard InChI is InChI=1S/C15H18N2OS/c1-12-16-15(13-5-3-2-4-6-13)14(19-12)11-17-7-9-18-10-8-17/h2-6H,7-11H2,1H3. The van der Waals surface area contributed by atoms with Gasteiger partial charge in [-0.25, -0.2) is 4.98 Å². The third-order valence-corrected chi connectivity index (χ3v) is 4.28. The fourth-order valence-corrected chi connectivity index (χ4v) is 3.36. The average Bonchev–Trinajstić information content (AvgIpc) is 2.82. The summed E-state index contributed by atoms with van der Waals surface area (Å²) in [5.74, 6) is 0. The van der Waals surface area contributed by atoms with Crippen molar-refractivity contribution >= 4 is 11.3 Å². The van der Waals surface area contributed by atoms with Crippen LogP contribution < -0.4 is 0 Å². The van der Waals surface area contributed by atoms with E-state index in [4.69, 9.17) is 9.72 Å². The molecular formula is C15H18N2OS. The minimum absolute atomic E-state index is 0.846. The van der Waals surface area contributed by atoms with Crippen LogP contribution in [-0.2, 0) is 11.3 Å². The van der Waals surface area contributed by atoms with Gasteiger partial charge in [-0.15, -0.1) is 11.3 Å². The van der Waals surface area contributed by atoms with Crippen LogP contribution in [0.25, 0.3) is 11.3 Å². The molecular weight excluding hydrogens is 256 g/mol. The molecule has 0 unspecified atom stereocenters. The summed E-state index contributed by atoms with van der Waals surface area (Å²) in [6.45, 7) is 6.80. The second-order valence-electron chi connectivity index (χ2n) is 4.76. The number of thiazole rings is 1. The molecule has 2 heterocycles. The van der Waals surface area contributed by atoms with Crippen molar-refractivity contribution in [3.05, 3.63) is 40.2 Å². The highest BCUT2D eigenvalue weighted by Crippen LogP contribution is 2.29. The summed E-state index contributed by atoms with van der Waals surface area (Å²) < 4.78 is 5.40. The molecule has 2 aromatic rings. The molecule has 0 amide bonds. The average molecular weight is 274 g/mol. The third kappa shape index (κ3) is 3.03. The smallest absolute Gasteiger partial charge is 0.0905 e. The van der Waals surface area contributed by atoms with E-state index in [0.717, 1.165) is 43.5 Å². The highest BCUT2D eigenvalue weighted by molar-refractivity contribution is 7.12. The number of ether oxygens (including phenoxy) is 1. The van der Waals surface area contributed by atoms with Gasteiger partial charge in [0.05, 0.1) is 23.9 Å². The van der Waals surface area contributed by atoms with Gasteiger partial charge in [0.25, 0.3) is 0 Å². The summed E-state index contributed by atoms with van der Waals surface area (Å²) in [7, 11) is 0. The van der Waals surface area contributed by atoms with Gasteiger partial charge in [0.15, 0.2) is 0 Å². The number of hydrogen-bond donors (Lipinski definition) is 0. The first-order chi connectivity index (χ1) is 9.33. The Hall–Kier alpha value is -1.23. The number of rotatable bonds is 3. The Labute approximate surface area is 117 Å². The van der Waals surface area contributed by atoms with Crippen molar-refractivity contribution in [3.8, 4) is 11.3 Å². The Morgan fingerprint density at radius 2 is 1.95 bits per heavy atom. The molecule has 100 valence electrons. The van der Waals surface area contributed by atoms with Crippen LogP contribution in [0.1, 0.15) is 9.88 Å². The highest BCUT2D eigenvalue weighted by Gasteiger charge is 2.16. The van der Waals surface area contributed by atoms with Crippen LogP contribution in [0.3, 0.4) is 0 Å². The van der Waals surface area contributed by atoms with Gasteiger partial charge in [0.1, 0.15) is 0 Å². The van der Waals surface area contributed by atoms with Crippen molar-refractivity contribution in [2.24, 2.45) is 0 Å². The molecule has 0 atom stereocenters. The second-order valence-corrected chi connectivity index (χ2v) is 6.05. The molecule has 0 spiro atoms. The summed E-state index contributed by atoms with van der Waals surface area (Å²) in [5.41, 5.74) is 2.37. The van der Waals surface area contributed by atoms with Crippen LogP contribution >= 0.6 is 11.3 Å². The maximum absolute atomic E-state index is 5.40. The lowest BCUT2D eigenvalue weighted by molar-refractivity contribution is 0.0347. The molecule has 3 nitrogen and oxygen atoms in total. The first kappa shape index (κ1) is 12.8. The van der Waals surface area contributed by atoms with Gasteiger partial charge < -0.3 is 4.74 Å². The monoisotopic (exact) mass is 274 g/mol. The first-order valence-electron chi connectivity index (χ1n) is 6.65. The zero-order valence-electron chi connectivity index (χ0n) is 11.1. The fraction of sp³-hybridized carbons (Fsp3) is 0.400. The summed E-state index contributed by atoms with van der Waals surface area (Å²) in [5, 5.41) is 1.14. The van der Waals surface area contributed by atoms with Gasteiger partial charge in [-0.3, -0.25) is 4.90 Å². The first-order valence-corrected chi connectivity index (χ1v) is 7.46. The molecule has 3 rings (SSSR count). The van der Waals surface area contributed by atoms with Crippen LogP contribution in [0.4, 0.5) is 0 Å². The zero-order chi connectivity index (χ0) is 13.1. The topological polar surface area (TPSA) is 25.4 Å². The van der Waals surface area contributed by atoms with Crippen molar-refractivity contribution in [1.82, 2.24) is 9.88 Å². The van der Waals surface area contributed by atoms with Gasteiger partial charge in [-0.2, -0.15) is 0 Å². The zero-order valence-corrected chi connectivity index (χ0v) is 11.9. The number of aryl methyl sites for hydroxylation is 1. The highest BCUT2D eigenvalue weighted by atomic mass is 32.1. The lowest BCUT2D eigenvalue weighted by atomic mass is 10.1. The Morgan fingerprint density at radius 1 is 1.21 bits per heavy atom. The van der Waals surface area contributed by atoms with E-state index in [0.29, 0.717) is 0 Å². The van der Waals surface area contributed by atoms with E-state index in [1.165, 1.54) is 10.4 Å². The molecule has 1 aromatic heterocycles. The van der Waals surface area contributed by atoms with Crippen LogP contribution in [-0.4, -0.2) is 36.2 Å². The molecule has 0 bridgehead atoms. The molecule has 0 N–H and O–H groups in total. The Balaban J connectivity index is 1.85. The molecule has 1 aliphatic heterocycles. The number of hydrogen-bond acceptors (Lipinski definition) is 4. The van der Waals surface area contributed by atoms with E-state index in [2.05, 4.69) is 36.1 Å².